The molecule has 2 aromatic heterocycles. The molecule has 0 radical (unpaired) electrons. The summed E-state index contributed by atoms with van der Waals surface area (Å²) in [5.74, 6) is 0.429. The van der Waals surface area contributed by atoms with Gasteiger partial charge in [0, 0.05) is 24.0 Å². The van der Waals surface area contributed by atoms with Crippen molar-refractivity contribution in [1.29, 1.82) is 0 Å². The molecule has 1 saturated heterocycles. The number of benzene rings is 2. The van der Waals surface area contributed by atoms with Gasteiger partial charge in [-0.2, -0.15) is 0 Å². The molecule has 1 fully saturated rings. The zero-order valence-electron chi connectivity index (χ0n) is 19.4. The van der Waals surface area contributed by atoms with Crippen molar-refractivity contribution in [1.82, 2.24) is 15.3 Å². The van der Waals surface area contributed by atoms with Crippen LogP contribution in [-0.4, -0.2) is 29.0 Å². The normalized spacial score (nSPS) is 17.0. The summed E-state index contributed by atoms with van der Waals surface area (Å²) in [6.07, 6.45) is 1.69. The van der Waals surface area contributed by atoms with Gasteiger partial charge in [-0.05, 0) is 37.8 Å². The second-order valence-electron chi connectivity index (χ2n) is 9.01. The Hall–Kier alpha value is -3.45. The van der Waals surface area contributed by atoms with Crippen molar-refractivity contribution in [2.45, 2.75) is 32.7 Å². The quantitative estimate of drug-likeness (QED) is 0.426. The van der Waals surface area contributed by atoms with E-state index >= 15 is 0 Å². The van der Waals surface area contributed by atoms with Crippen molar-refractivity contribution in [2.24, 2.45) is 5.92 Å². The highest BCUT2D eigenvalue weighted by molar-refractivity contribution is 7.17. The molecule has 0 spiro atoms. The molecule has 7 heteroatoms. The fraction of sp³-hybridized carbons (Fsp3) is 0.296. The van der Waals surface area contributed by atoms with E-state index in [0.29, 0.717) is 17.2 Å². The van der Waals surface area contributed by atoms with Gasteiger partial charge in [-0.25, -0.2) is 4.98 Å². The molecular weight excluding hydrogens is 444 g/mol. The van der Waals surface area contributed by atoms with Crippen LogP contribution in [0.25, 0.3) is 21.3 Å². The van der Waals surface area contributed by atoms with Crippen molar-refractivity contribution in [2.75, 3.05) is 18.0 Å². The number of fused-ring (bicyclic) bond motifs is 1. The van der Waals surface area contributed by atoms with Gasteiger partial charge < -0.3 is 10.2 Å². The molecule has 2 N–H and O–H groups in total. The molecule has 1 aliphatic rings. The van der Waals surface area contributed by atoms with Gasteiger partial charge in [0.25, 0.3) is 5.56 Å². The third-order valence-electron chi connectivity index (χ3n) is 6.53. The van der Waals surface area contributed by atoms with Crippen LogP contribution in [0.1, 0.15) is 36.9 Å². The molecule has 6 nitrogen and oxygen atoms in total. The molecule has 174 valence electrons. The fourth-order valence-electron chi connectivity index (χ4n) is 4.54. The number of nitrogens with one attached hydrogen (secondary N) is 2. The van der Waals surface area contributed by atoms with Crippen LogP contribution in [0, 0.1) is 12.8 Å². The summed E-state index contributed by atoms with van der Waals surface area (Å²) in [5.41, 5.74) is 4.88. The van der Waals surface area contributed by atoms with Crippen LogP contribution < -0.4 is 15.8 Å². The maximum Gasteiger partial charge on any atom is 0.270 e. The van der Waals surface area contributed by atoms with Gasteiger partial charge in [-0.3, -0.25) is 14.6 Å². The number of anilines is 1. The van der Waals surface area contributed by atoms with Crippen LogP contribution in [0.2, 0.25) is 0 Å². The Morgan fingerprint density at radius 2 is 1.94 bits per heavy atom. The first kappa shape index (κ1) is 22.3. The van der Waals surface area contributed by atoms with Crippen LogP contribution >= 0.6 is 11.3 Å². The van der Waals surface area contributed by atoms with E-state index in [4.69, 9.17) is 4.98 Å². The summed E-state index contributed by atoms with van der Waals surface area (Å²) < 4.78 is 0.627. The highest BCUT2D eigenvalue weighted by Gasteiger charge is 2.28. The Balaban J connectivity index is 1.38. The number of carbonyl (C=O) groups excluding carboxylic acids is 1. The summed E-state index contributed by atoms with van der Waals surface area (Å²) in [7, 11) is 0. The Labute approximate surface area is 202 Å². The maximum atomic E-state index is 13.0. The number of piperidine rings is 1. The van der Waals surface area contributed by atoms with Gasteiger partial charge in [0.05, 0.1) is 17.5 Å². The lowest BCUT2D eigenvalue weighted by Gasteiger charge is -2.33. The highest BCUT2D eigenvalue weighted by Crippen LogP contribution is 2.32. The predicted octanol–water partition coefficient (Wildman–Crippen LogP) is 5.05. The van der Waals surface area contributed by atoms with Gasteiger partial charge >= 0.3 is 0 Å². The minimum atomic E-state index is -0.153. The number of aryl methyl sites for hydroxylation is 1. The number of H-pyrrole nitrogens is 1. The van der Waals surface area contributed by atoms with Crippen LogP contribution in [-0.2, 0) is 4.79 Å². The minimum absolute atomic E-state index is 0.0420. The molecule has 0 saturated carbocycles. The summed E-state index contributed by atoms with van der Waals surface area (Å²) >= 11 is 1.42. The molecular formula is C27H28N4O2S. The Kier molecular flexibility index (Phi) is 6.20. The molecule has 5 rings (SSSR count). The van der Waals surface area contributed by atoms with Gasteiger partial charge in [-0.15, -0.1) is 11.3 Å². The van der Waals surface area contributed by atoms with E-state index in [1.807, 2.05) is 47.5 Å². The van der Waals surface area contributed by atoms with Crippen LogP contribution in [0.5, 0.6) is 0 Å². The zero-order valence-corrected chi connectivity index (χ0v) is 20.2. The van der Waals surface area contributed by atoms with Crippen molar-refractivity contribution in [3.05, 3.63) is 81.5 Å². The molecule has 4 aromatic rings. The lowest BCUT2D eigenvalue weighted by Crippen LogP contribution is -2.44. The van der Waals surface area contributed by atoms with E-state index < -0.39 is 0 Å². The lowest BCUT2D eigenvalue weighted by molar-refractivity contribution is -0.125. The number of aromatic amines is 1. The molecule has 2 aromatic carbocycles. The van der Waals surface area contributed by atoms with E-state index in [1.165, 1.54) is 16.9 Å². The number of rotatable bonds is 5. The molecule has 1 amide bonds. The molecule has 0 aliphatic carbocycles. The van der Waals surface area contributed by atoms with Gasteiger partial charge in [0.15, 0.2) is 0 Å². The molecule has 0 bridgehead atoms. The van der Waals surface area contributed by atoms with Crippen molar-refractivity contribution >= 4 is 33.4 Å². The predicted molar refractivity (Wildman–Crippen MR) is 138 cm³/mol. The largest absolute Gasteiger partial charge is 0.349 e. The van der Waals surface area contributed by atoms with E-state index in [-0.39, 0.29) is 23.4 Å². The van der Waals surface area contributed by atoms with Crippen molar-refractivity contribution in [3.8, 4) is 11.1 Å². The average molecular weight is 473 g/mol. The Bertz CT molecular complexity index is 1360. The van der Waals surface area contributed by atoms with Gasteiger partial charge in [-0.1, -0.05) is 60.2 Å². The molecule has 0 unspecified atom stereocenters. The minimum Gasteiger partial charge on any atom is -0.349 e. The molecule has 1 aliphatic heterocycles. The first-order valence-electron chi connectivity index (χ1n) is 11.7. The first-order chi connectivity index (χ1) is 16.5. The van der Waals surface area contributed by atoms with E-state index in [1.54, 1.807) is 0 Å². The zero-order chi connectivity index (χ0) is 23.7. The van der Waals surface area contributed by atoms with Crippen LogP contribution in [0.3, 0.4) is 0 Å². The number of aromatic nitrogens is 2. The summed E-state index contributed by atoms with van der Waals surface area (Å²) in [5, 5.41) is 5.15. The second kappa shape index (κ2) is 9.43. The first-order valence-corrected chi connectivity index (χ1v) is 12.6. The van der Waals surface area contributed by atoms with Gasteiger partial charge in [0.2, 0.25) is 11.9 Å². The maximum absolute atomic E-state index is 13.0. The summed E-state index contributed by atoms with van der Waals surface area (Å²) in [6, 6.07) is 18.2. The van der Waals surface area contributed by atoms with Crippen molar-refractivity contribution in [3.63, 3.8) is 0 Å². The van der Waals surface area contributed by atoms with Crippen LogP contribution in [0.4, 0.5) is 5.95 Å². The van der Waals surface area contributed by atoms with Crippen molar-refractivity contribution < 1.29 is 4.79 Å². The van der Waals surface area contributed by atoms with E-state index in [0.717, 1.165) is 41.6 Å². The number of carbonyl (C=O) groups is 1. The molecule has 34 heavy (non-hydrogen) atoms. The Morgan fingerprint density at radius 1 is 1.18 bits per heavy atom. The standard InChI is InChI=1S/C27H28N4O2S/c1-17-10-12-20(13-11-17)22-16-34-24-23(22)29-27(30-26(24)33)31-14-6-9-21(15-31)25(32)28-18(2)19-7-4-3-5-8-19/h3-5,7-8,10-13,16,18,21H,6,9,14-15H2,1-2H3,(H,28,32)(H,29,30,33)/t18-,21+/m0/s1. The number of thiophene rings is 1. The van der Waals surface area contributed by atoms with E-state index in [9.17, 15) is 9.59 Å². The number of nitrogens with zero attached hydrogens (tertiary/aromatic N) is 2. The third kappa shape index (κ3) is 4.48. The summed E-state index contributed by atoms with van der Waals surface area (Å²) in [6.45, 7) is 5.35. The average Bonchev–Trinajstić information content (AvgIpc) is 3.30. The smallest absolute Gasteiger partial charge is 0.270 e. The SMILES string of the molecule is Cc1ccc(-c2csc3c(=O)[nH]c(N4CCC[C@@H](C(=O)N[C@@H](C)c5ccccc5)C4)nc23)cc1. The monoisotopic (exact) mass is 472 g/mol. The van der Waals surface area contributed by atoms with E-state index in [2.05, 4.69) is 41.5 Å². The lowest BCUT2D eigenvalue weighted by atomic mass is 9.96. The van der Waals surface area contributed by atoms with Crippen LogP contribution in [0.15, 0.2) is 64.8 Å². The Morgan fingerprint density at radius 3 is 2.71 bits per heavy atom. The summed E-state index contributed by atoms with van der Waals surface area (Å²) in [4.78, 5) is 35.8. The fourth-order valence-corrected chi connectivity index (χ4v) is 5.45. The number of amides is 1. The third-order valence-corrected chi connectivity index (χ3v) is 7.49. The number of hydrogen-bond donors (Lipinski definition) is 2. The van der Waals surface area contributed by atoms with Gasteiger partial charge in [0.1, 0.15) is 4.70 Å². The number of hydrogen-bond acceptors (Lipinski definition) is 5. The highest BCUT2D eigenvalue weighted by atomic mass is 32.1. The molecule has 2 atom stereocenters. The topological polar surface area (TPSA) is 78.1 Å². The molecule has 3 heterocycles. The second-order valence-corrected chi connectivity index (χ2v) is 9.89.